The first kappa shape index (κ1) is 14.9. The lowest BCUT2D eigenvalue weighted by atomic mass is 10.3. The molecule has 8 nitrogen and oxygen atoms in total. The second-order valence-corrected chi connectivity index (χ2v) is 3.94. The van der Waals surface area contributed by atoms with Crippen molar-refractivity contribution >= 4 is 17.5 Å². The van der Waals surface area contributed by atoms with E-state index in [-0.39, 0.29) is 12.2 Å². The Balaban J connectivity index is 3.26. The summed E-state index contributed by atoms with van der Waals surface area (Å²) in [4.78, 5) is 23.7. The lowest BCUT2D eigenvalue weighted by molar-refractivity contribution is -0.384. The van der Waals surface area contributed by atoms with Gasteiger partial charge in [-0.05, 0) is 13.3 Å². The number of rotatable bonds is 6. The summed E-state index contributed by atoms with van der Waals surface area (Å²) in [5.74, 6) is -0.120. The van der Waals surface area contributed by atoms with Crippen LogP contribution in [0.15, 0.2) is 0 Å². The van der Waals surface area contributed by atoms with Gasteiger partial charge >= 0.3 is 11.7 Å². The summed E-state index contributed by atoms with van der Waals surface area (Å²) in [6.07, 6.45) is 0.458. The van der Waals surface area contributed by atoms with Crippen molar-refractivity contribution in [3.63, 3.8) is 0 Å². The molecule has 0 atom stereocenters. The lowest BCUT2D eigenvalue weighted by Gasteiger charge is -2.20. The highest BCUT2D eigenvalue weighted by Gasteiger charge is 2.29. The van der Waals surface area contributed by atoms with Crippen molar-refractivity contribution in [2.75, 3.05) is 25.1 Å². The molecule has 0 saturated heterocycles. The minimum absolute atomic E-state index is 0.0451. The Morgan fingerprint density at radius 1 is 1.53 bits per heavy atom. The number of anilines is 1. The topological polar surface area (TPSA) is 90.5 Å². The van der Waals surface area contributed by atoms with Crippen molar-refractivity contribution in [1.29, 1.82) is 0 Å². The fourth-order valence-electron chi connectivity index (χ4n) is 1.89. The van der Waals surface area contributed by atoms with Gasteiger partial charge in [0.2, 0.25) is 5.82 Å². The number of likely N-dealkylation sites (N-methyl/N-ethyl adjacent to an activating group) is 1. The first-order valence-corrected chi connectivity index (χ1v) is 5.98. The molecule has 106 valence electrons. The van der Waals surface area contributed by atoms with Crippen molar-refractivity contribution < 1.29 is 14.5 Å². The highest BCUT2D eigenvalue weighted by atomic mass is 16.6. The first-order chi connectivity index (χ1) is 8.96. The number of aromatic nitrogens is 2. The zero-order valence-corrected chi connectivity index (χ0v) is 11.5. The molecule has 0 saturated carbocycles. The number of esters is 1. The molecule has 0 aliphatic heterocycles. The van der Waals surface area contributed by atoms with E-state index in [1.54, 1.807) is 18.9 Å². The van der Waals surface area contributed by atoms with Gasteiger partial charge in [0.15, 0.2) is 0 Å². The van der Waals surface area contributed by atoms with E-state index in [0.29, 0.717) is 24.5 Å². The van der Waals surface area contributed by atoms with Gasteiger partial charge in [0, 0.05) is 13.6 Å². The van der Waals surface area contributed by atoms with E-state index in [2.05, 4.69) is 9.84 Å². The first-order valence-electron chi connectivity index (χ1n) is 5.98. The van der Waals surface area contributed by atoms with E-state index in [4.69, 9.17) is 0 Å². The van der Waals surface area contributed by atoms with Crippen LogP contribution < -0.4 is 4.90 Å². The number of carbonyl (C=O) groups is 1. The van der Waals surface area contributed by atoms with Crippen LogP contribution in [0, 0.1) is 10.1 Å². The van der Waals surface area contributed by atoms with Crippen LogP contribution in [0.1, 0.15) is 19.5 Å². The van der Waals surface area contributed by atoms with Crippen LogP contribution >= 0.6 is 0 Å². The number of nitrogens with zero attached hydrogens (tertiary/aromatic N) is 4. The van der Waals surface area contributed by atoms with Crippen LogP contribution in [0.2, 0.25) is 0 Å². The van der Waals surface area contributed by atoms with Crippen LogP contribution in [0.4, 0.5) is 11.5 Å². The highest BCUT2D eigenvalue weighted by Crippen LogP contribution is 2.31. The molecule has 1 rings (SSSR count). The molecule has 0 aliphatic carbocycles. The monoisotopic (exact) mass is 270 g/mol. The van der Waals surface area contributed by atoms with Crippen LogP contribution in [-0.2, 0) is 23.0 Å². The van der Waals surface area contributed by atoms with Crippen LogP contribution in [0.3, 0.4) is 0 Å². The van der Waals surface area contributed by atoms with Gasteiger partial charge in [-0.15, -0.1) is 0 Å². The summed E-state index contributed by atoms with van der Waals surface area (Å²) in [7, 11) is 2.91. The van der Waals surface area contributed by atoms with Gasteiger partial charge < -0.3 is 9.64 Å². The van der Waals surface area contributed by atoms with Crippen LogP contribution in [-0.4, -0.2) is 40.9 Å². The molecule has 8 heteroatoms. The number of carbonyl (C=O) groups excluding carboxylic acids is 1. The predicted molar refractivity (Wildman–Crippen MR) is 69.1 cm³/mol. The summed E-state index contributed by atoms with van der Waals surface area (Å²) < 4.78 is 6.03. The number of nitro groups is 1. The van der Waals surface area contributed by atoms with E-state index in [0.717, 1.165) is 0 Å². The second kappa shape index (κ2) is 6.17. The number of hydrogen-bond donors (Lipinski definition) is 0. The normalized spacial score (nSPS) is 10.3. The molecule has 0 amide bonds. The number of aryl methyl sites for hydroxylation is 2. The van der Waals surface area contributed by atoms with Gasteiger partial charge in [-0.2, -0.15) is 5.10 Å². The summed E-state index contributed by atoms with van der Waals surface area (Å²) in [5, 5.41) is 15.3. The Hall–Kier alpha value is -2.12. The smallest absolute Gasteiger partial charge is 0.334 e. The average Bonchev–Trinajstić information content (AvgIpc) is 2.72. The van der Waals surface area contributed by atoms with E-state index in [1.165, 1.54) is 11.8 Å². The van der Waals surface area contributed by atoms with Crippen molar-refractivity contribution in [1.82, 2.24) is 9.78 Å². The largest absolute Gasteiger partial charge is 0.468 e. The molecule has 0 bridgehead atoms. The summed E-state index contributed by atoms with van der Waals surface area (Å²) in [6, 6.07) is 0. The molecule has 1 heterocycles. The zero-order valence-electron chi connectivity index (χ0n) is 11.5. The number of ether oxygens (including phenoxy) is 1. The molecule has 0 unspecified atom stereocenters. The Labute approximate surface area is 111 Å². The van der Waals surface area contributed by atoms with Gasteiger partial charge in [0.25, 0.3) is 0 Å². The van der Waals surface area contributed by atoms with Gasteiger partial charge in [-0.1, -0.05) is 6.92 Å². The molecule has 0 spiro atoms. The third-order valence-electron chi connectivity index (χ3n) is 2.81. The van der Waals surface area contributed by atoms with Crippen molar-refractivity contribution in [3.05, 3.63) is 15.8 Å². The molecular weight excluding hydrogens is 252 g/mol. The Bertz CT molecular complexity index is 483. The SMILES string of the molecule is CCc1nn(C)c(N(CC)CC(=O)OC)c1[N+](=O)[O-]. The third-order valence-corrected chi connectivity index (χ3v) is 2.81. The molecule has 1 aromatic rings. The van der Waals surface area contributed by atoms with Gasteiger partial charge in [0.05, 0.1) is 12.0 Å². The summed E-state index contributed by atoms with van der Waals surface area (Å²) in [5.41, 5.74) is 0.363. The third kappa shape index (κ3) is 3.01. The molecule has 0 N–H and O–H groups in total. The molecule has 0 fully saturated rings. The van der Waals surface area contributed by atoms with E-state index >= 15 is 0 Å². The van der Waals surface area contributed by atoms with Crippen molar-refractivity contribution in [2.24, 2.45) is 7.05 Å². The summed E-state index contributed by atoms with van der Waals surface area (Å²) in [6.45, 7) is 4.01. The lowest BCUT2D eigenvalue weighted by Crippen LogP contribution is -2.32. The van der Waals surface area contributed by atoms with E-state index in [9.17, 15) is 14.9 Å². The minimum Gasteiger partial charge on any atom is -0.468 e. The molecule has 0 aromatic carbocycles. The maximum Gasteiger partial charge on any atom is 0.334 e. The molecule has 0 aliphatic rings. The zero-order chi connectivity index (χ0) is 14.6. The number of hydrogen-bond acceptors (Lipinski definition) is 6. The standard InChI is InChI=1S/C11H18N4O4/c1-5-8-10(15(17)18)11(13(3)12-8)14(6-2)7-9(16)19-4/h5-7H2,1-4H3. The van der Waals surface area contributed by atoms with Crippen LogP contribution in [0.5, 0.6) is 0 Å². The fraction of sp³-hybridized carbons (Fsp3) is 0.636. The fourth-order valence-corrected chi connectivity index (χ4v) is 1.89. The molecular formula is C11H18N4O4. The molecule has 1 aromatic heterocycles. The van der Waals surface area contributed by atoms with Crippen LogP contribution in [0.25, 0.3) is 0 Å². The Morgan fingerprint density at radius 2 is 2.16 bits per heavy atom. The van der Waals surface area contributed by atoms with Crippen molar-refractivity contribution in [2.45, 2.75) is 20.3 Å². The predicted octanol–water partition coefficient (Wildman–Crippen LogP) is 0.890. The molecule has 0 radical (unpaired) electrons. The van der Waals surface area contributed by atoms with Gasteiger partial charge in [-0.25, -0.2) is 4.68 Å². The molecule has 19 heavy (non-hydrogen) atoms. The maximum absolute atomic E-state index is 11.4. The van der Waals surface area contributed by atoms with Crippen molar-refractivity contribution in [3.8, 4) is 0 Å². The highest BCUT2D eigenvalue weighted by molar-refractivity contribution is 5.77. The second-order valence-electron chi connectivity index (χ2n) is 3.94. The van der Waals surface area contributed by atoms with E-state index in [1.807, 2.05) is 6.92 Å². The van der Waals surface area contributed by atoms with E-state index < -0.39 is 10.9 Å². The Kier molecular flexibility index (Phi) is 4.85. The quantitative estimate of drug-likeness (QED) is 0.433. The maximum atomic E-state index is 11.4. The van der Waals surface area contributed by atoms with Gasteiger partial charge in [-0.3, -0.25) is 14.9 Å². The average molecular weight is 270 g/mol. The number of methoxy groups -OCH3 is 1. The summed E-state index contributed by atoms with van der Waals surface area (Å²) >= 11 is 0. The van der Waals surface area contributed by atoms with Gasteiger partial charge in [0.1, 0.15) is 12.2 Å². The minimum atomic E-state index is -0.457. The Morgan fingerprint density at radius 3 is 2.58 bits per heavy atom.